The molecule has 1 unspecified atom stereocenters. The molecular formula is C13H16ClNO4. The first-order valence-electron chi connectivity index (χ1n) is 5.78. The third kappa shape index (κ3) is 5.18. The van der Waals surface area contributed by atoms with Crippen molar-refractivity contribution in [2.45, 2.75) is 13.8 Å². The molecule has 0 bridgehead atoms. The van der Waals surface area contributed by atoms with Crippen LogP contribution in [-0.4, -0.2) is 30.1 Å². The Bertz CT molecular complexity index is 476. The van der Waals surface area contributed by atoms with Crippen molar-refractivity contribution in [3.8, 4) is 5.75 Å². The van der Waals surface area contributed by atoms with Gasteiger partial charge in [0.15, 0.2) is 6.61 Å². The molecule has 0 aliphatic heterocycles. The maximum atomic E-state index is 11.4. The van der Waals surface area contributed by atoms with E-state index in [1.807, 2.05) is 6.92 Å². The number of aliphatic carboxylic acids is 1. The lowest BCUT2D eigenvalue weighted by Crippen LogP contribution is -2.34. The number of aryl methyl sites for hydroxylation is 1. The molecule has 2 N–H and O–H groups in total. The summed E-state index contributed by atoms with van der Waals surface area (Å²) in [5, 5.41) is 11.8. The van der Waals surface area contributed by atoms with Crippen LogP contribution in [0, 0.1) is 12.8 Å². The monoisotopic (exact) mass is 285 g/mol. The second-order valence-corrected chi connectivity index (χ2v) is 4.65. The van der Waals surface area contributed by atoms with E-state index in [0.717, 1.165) is 5.56 Å². The average Bonchev–Trinajstić information content (AvgIpc) is 2.37. The van der Waals surface area contributed by atoms with E-state index in [-0.39, 0.29) is 19.1 Å². The molecule has 5 nitrogen and oxygen atoms in total. The third-order valence-corrected chi connectivity index (χ3v) is 2.95. The number of halogens is 1. The molecule has 1 aromatic rings. The Morgan fingerprint density at radius 1 is 1.47 bits per heavy atom. The molecule has 19 heavy (non-hydrogen) atoms. The van der Waals surface area contributed by atoms with E-state index >= 15 is 0 Å². The molecule has 1 aromatic carbocycles. The zero-order chi connectivity index (χ0) is 14.4. The third-order valence-electron chi connectivity index (χ3n) is 2.53. The minimum Gasteiger partial charge on any atom is -0.484 e. The van der Waals surface area contributed by atoms with Crippen molar-refractivity contribution < 1.29 is 19.4 Å². The zero-order valence-corrected chi connectivity index (χ0v) is 11.5. The van der Waals surface area contributed by atoms with Crippen molar-refractivity contribution in [2.75, 3.05) is 13.2 Å². The summed E-state index contributed by atoms with van der Waals surface area (Å²) >= 11 is 5.87. The van der Waals surface area contributed by atoms with E-state index < -0.39 is 11.9 Å². The normalized spacial score (nSPS) is 11.7. The summed E-state index contributed by atoms with van der Waals surface area (Å²) in [5.74, 6) is -1.39. The van der Waals surface area contributed by atoms with Gasteiger partial charge >= 0.3 is 5.97 Å². The summed E-state index contributed by atoms with van der Waals surface area (Å²) in [7, 11) is 0. The molecule has 0 saturated carbocycles. The van der Waals surface area contributed by atoms with Gasteiger partial charge in [-0.2, -0.15) is 0 Å². The largest absolute Gasteiger partial charge is 0.484 e. The lowest BCUT2D eigenvalue weighted by Gasteiger charge is -2.10. The molecule has 1 rings (SSSR count). The summed E-state index contributed by atoms with van der Waals surface area (Å²) in [4.78, 5) is 22.0. The first kappa shape index (κ1) is 15.3. The number of ether oxygens (including phenoxy) is 1. The van der Waals surface area contributed by atoms with E-state index in [9.17, 15) is 9.59 Å². The summed E-state index contributed by atoms with van der Waals surface area (Å²) in [6.45, 7) is 3.28. The number of rotatable bonds is 6. The van der Waals surface area contributed by atoms with E-state index in [0.29, 0.717) is 10.8 Å². The van der Waals surface area contributed by atoms with Crippen LogP contribution in [0.2, 0.25) is 5.02 Å². The summed E-state index contributed by atoms with van der Waals surface area (Å²) in [5.41, 5.74) is 0.860. The Labute approximate surface area is 116 Å². The number of carbonyl (C=O) groups is 2. The van der Waals surface area contributed by atoms with Gasteiger partial charge in [-0.05, 0) is 30.7 Å². The van der Waals surface area contributed by atoms with Gasteiger partial charge in [0.25, 0.3) is 5.91 Å². The highest BCUT2D eigenvalue weighted by Crippen LogP contribution is 2.20. The van der Waals surface area contributed by atoms with Gasteiger partial charge in [-0.3, -0.25) is 9.59 Å². The minimum absolute atomic E-state index is 0.0805. The number of nitrogens with one attached hydrogen (secondary N) is 1. The highest BCUT2D eigenvalue weighted by Gasteiger charge is 2.12. The number of hydrogen-bond donors (Lipinski definition) is 2. The standard InChI is InChI=1S/C13H16ClNO4/c1-8-5-10(3-4-11(8)14)19-7-12(16)15-6-9(2)13(17)18/h3-5,9H,6-7H2,1-2H3,(H,15,16)(H,17,18). The number of carbonyl (C=O) groups excluding carboxylic acids is 1. The molecule has 0 aromatic heterocycles. The molecule has 0 heterocycles. The fourth-order valence-corrected chi connectivity index (χ4v) is 1.38. The van der Waals surface area contributed by atoms with Crippen molar-refractivity contribution in [2.24, 2.45) is 5.92 Å². The Hall–Kier alpha value is -1.75. The van der Waals surface area contributed by atoms with Crippen LogP contribution in [0.5, 0.6) is 5.75 Å². The summed E-state index contributed by atoms with van der Waals surface area (Å²) in [6, 6.07) is 5.09. The van der Waals surface area contributed by atoms with Gasteiger partial charge in [0.1, 0.15) is 5.75 Å². The van der Waals surface area contributed by atoms with Crippen molar-refractivity contribution in [1.82, 2.24) is 5.32 Å². The van der Waals surface area contributed by atoms with Crippen molar-refractivity contribution in [3.05, 3.63) is 28.8 Å². The molecule has 0 saturated heterocycles. The lowest BCUT2D eigenvalue weighted by molar-refractivity contribution is -0.141. The SMILES string of the molecule is Cc1cc(OCC(=O)NCC(C)C(=O)O)ccc1Cl. The Balaban J connectivity index is 2.37. The topological polar surface area (TPSA) is 75.6 Å². The van der Waals surface area contributed by atoms with Gasteiger partial charge in [0.05, 0.1) is 5.92 Å². The second kappa shape index (κ2) is 6.99. The lowest BCUT2D eigenvalue weighted by atomic mass is 10.2. The highest BCUT2D eigenvalue weighted by molar-refractivity contribution is 6.31. The minimum atomic E-state index is -0.949. The average molecular weight is 286 g/mol. The predicted molar refractivity (Wildman–Crippen MR) is 71.5 cm³/mol. The molecule has 1 amide bonds. The smallest absolute Gasteiger partial charge is 0.308 e. The van der Waals surface area contributed by atoms with E-state index in [1.54, 1.807) is 18.2 Å². The van der Waals surface area contributed by atoms with Crippen molar-refractivity contribution >= 4 is 23.5 Å². The van der Waals surface area contributed by atoms with Gasteiger partial charge in [-0.15, -0.1) is 0 Å². The van der Waals surface area contributed by atoms with Crippen LogP contribution in [-0.2, 0) is 9.59 Å². The number of amides is 1. The molecule has 104 valence electrons. The maximum Gasteiger partial charge on any atom is 0.308 e. The summed E-state index contributed by atoms with van der Waals surface area (Å²) < 4.78 is 5.28. The van der Waals surface area contributed by atoms with E-state index in [1.165, 1.54) is 6.92 Å². The van der Waals surface area contributed by atoms with Crippen LogP contribution in [0.25, 0.3) is 0 Å². The molecule has 0 aliphatic rings. The maximum absolute atomic E-state index is 11.4. The molecule has 6 heteroatoms. The molecule has 0 spiro atoms. The molecule has 0 aliphatic carbocycles. The zero-order valence-electron chi connectivity index (χ0n) is 10.8. The first-order valence-corrected chi connectivity index (χ1v) is 6.16. The van der Waals surface area contributed by atoms with Gasteiger partial charge < -0.3 is 15.2 Å². The molecule has 0 radical (unpaired) electrons. The predicted octanol–water partition coefficient (Wildman–Crippen LogP) is 1.86. The molecular weight excluding hydrogens is 270 g/mol. The Morgan fingerprint density at radius 2 is 2.16 bits per heavy atom. The highest BCUT2D eigenvalue weighted by atomic mass is 35.5. The van der Waals surface area contributed by atoms with E-state index in [2.05, 4.69) is 5.32 Å². The Morgan fingerprint density at radius 3 is 2.74 bits per heavy atom. The van der Waals surface area contributed by atoms with Crippen molar-refractivity contribution in [3.63, 3.8) is 0 Å². The number of hydrogen-bond acceptors (Lipinski definition) is 3. The summed E-state index contributed by atoms with van der Waals surface area (Å²) in [6.07, 6.45) is 0. The van der Waals surface area contributed by atoms with Gasteiger partial charge in [0, 0.05) is 11.6 Å². The first-order chi connectivity index (χ1) is 8.90. The van der Waals surface area contributed by atoms with Gasteiger partial charge in [0.2, 0.25) is 0 Å². The fraction of sp³-hybridized carbons (Fsp3) is 0.385. The van der Waals surface area contributed by atoms with Gasteiger partial charge in [-0.25, -0.2) is 0 Å². The van der Waals surface area contributed by atoms with Crippen LogP contribution < -0.4 is 10.1 Å². The van der Waals surface area contributed by atoms with Crippen LogP contribution in [0.4, 0.5) is 0 Å². The number of benzene rings is 1. The van der Waals surface area contributed by atoms with E-state index in [4.69, 9.17) is 21.4 Å². The Kier molecular flexibility index (Phi) is 5.63. The molecule has 1 atom stereocenters. The fourth-order valence-electron chi connectivity index (χ4n) is 1.26. The van der Waals surface area contributed by atoms with Crippen LogP contribution >= 0.6 is 11.6 Å². The van der Waals surface area contributed by atoms with Gasteiger partial charge in [-0.1, -0.05) is 18.5 Å². The quantitative estimate of drug-likeness (QED) is 0.836. The second-order valence-electron chi connectivity index (χ2n) is 4.24. The van der Waals surface area contributed by atoms with Crippen LogP contribution in [0.3, 0.4) is 0 Å². The number of carboxylic acid groups (broad SMARTS) is 1. The van der Waals surface area contributed by atoms with Crippen LogP contribution in [0.1, 0.15) is 12.5 Å². The molecule has 0 fully saturated rings. The van der Waals surface area contributed by atoms with Crippen molar-refractivity contribution in [1.29, 1.82) is 0 Å². The number of carboxylic acids is 1. The van der Waals surface area contributed by atoms with Crippen LogP contribution in [0.15, 0.2) is 18.2 Å².